The fourth-order valence-corrected chi connectivity index (χ4v) is 0.940. The Labute approximate surface area is 96.3 Å². The zero-order valence-corrected chi connectivity index (χ0v) is 8.74. The second kappa shape index (κ2) is 6.06. The molecule has 0 aliphatic carbocycles. The number of benzene rings is 1. The van der Waals surface area contributed by atoms with Crippen molar-refractivity contribution in [3.05, 3.63) is 58.6 Å². The maximum absolute atomic E-state index is 10.5. The SMILES string of the molecule is NC(=O)c1ccccc1O.O=c1cconc1. The van der Waals surface area contributed by atoms with Gasteiger partial charge in [-0.1, -0.05) is 17.3 Å². The Hall–Kier alpha value is -2.63. The number of nitrogens with zero attached hydrogens (tertiary/aromatic N) is 1. The van der Waals surface area contributed by atoms with E-state index in [-0.39, 0.29) is 16.7 Å². The van der Waals surface area contributed by atoms with Crippen LogP contribution < -0.4 is 11.2 Å². The van der Waals surface area contributed by atoms with Crippen molar-refractivity contribution in [1.82, 2.24) is 5.16 Å². The molecule has 6 heteroatoms. The molecule has 0 saturated heterocycles. The van der Waals surface area contributed by atoms with E-state index >= 15 is 0 Å². The molecule has 1 amide bonds. The van der Waals surface area contributed by atoms with E-state index < -0.39 is 5.91 Å². The van der Waals surface area contributed by atoms with Crippen molar-refractivity contribution in [2.75, 3.05) is 0 Å². The zero-order valence-electron chi connectivity index (χ0n) is 8.74. The number of hydrogen-bond acceptors (Lipinski definition) is 5. The average Bonchev–Trinajstić information content (AvgIpc) is 2.31. The highest BCUT2D eigenvalue weighted by atomic mass is 16.4. The summed E-state index contributed by atoms with van der Waals surface area (Å²) in [5.41, 5.74) is 4.94. The summed E-state index contributed by atoms with van der Waals surface area (Å²) in [6.07, 6.45) is 2.35. The quantitative estimate of drug-likeness (QED) is 0.748. The van der Waals surface area contributed by atoms with E-state index in [4.69, 9.17) is 10.8 Å². The summed E-state index contributed by atoms with van der Waals surface area (Å²) in [4.78, 5) is 20.6. The Balaban J connectivity index is 0.000000181. The number of nitrogens with two attached hydrogens (primary N) is 1. The molecule has 0 saturated carbocycles. The number of phenols is 1. The van der Waals surface area contributed by atoms with Crippen LogP contribution >= 0.6 is 0 Å². The lowest BCUT2D eigenvalue weighted by molar-refractivity contribution is 0.0998. The van der Waals surface area contributed by atoms with Gasteiger partial charge < -0.3 is 15.4 Å². The first-order chi connectivity index (χ1) is 8.11. The Morgan fingerprint density at radius 1 is 1.29 bits per heavy atom. The van der Waals surface area contributed by atoms with Crippen molar-refractivity contribution in [1.29, 1.82) is 0 Å². The Morgan fingerprint density at radius 3 is 2.35 bits per heavy atom. The number of aromatic hydroxyl groups is 1. The van der Waals surface area contributed by atoms with Gasteiger partial charge in [-0.3, -0.25) is 9.59 Å². The van der Waals surface area contributed by atoms with Crippen LogP contribution in [0.5, 0.6) is 5.75 Å². The molecule has 0 aliphatic rings. The largest absolute Gasteiger partial charge is 0.507 e. The average molecular weight is 234 g/mol. The fraction of sp³-hybridized carbons (Fsp3) is 0. The van der Waals surface area contributed by atoms with Gasteiger partial charge in [-0.2, -0.15) is 0 Å². The van der Waals surface area contributed by atoms with Crippen molar-refractivity contribution in [3.8, 4) is 5.75 Å². The minimum absolute atomic E-state index is 0.0741. The summed E-state index contributed by atoms with van der Waals surface area (Å²) in [5, 5.41) is 12.2. The summed E-state index contributed by atoms with van der Waals surface area (Å²) in [5.74, 6) is -0.687. The van der Waals surface area contributed by atoms with E-state index in [2.05, 4.69) is 9.68 Å². The highest BCUT2D eigenvalue weighted by Gasteiger charge is 2.03. The first-order valence-corrected chi connectivity index (χ1v) is 4.59. The molecule has 3 N–H and O–H groups in total. The van der Waals surface area contributed by atoms with Gasteiger partial charge in [0.1, 0.15) is 18.2 Å². The molecule has 2 rings (SSSR count). The maximum atomic E-state index is 10.5. The van der Waals surface area contributed by atoms with E-state index in [1.54, 1.807) is 12.1 Å². The predicted molar refractivity (Wildman–Crippen MR) is 59.4 cm³/mol. The molecule has 0 radical (unpaired) electrons. The molecular weight excluding hydrogens is 224 g/mol. The second-order valence-electron chi connectivity index (χ2n) is 2.93. The third-order valence-corrected chi connectivity index (χ3v) is 1.70. The zero-order chi connectivity index (χ0) is 12.7. The minimum atomic E-state index is -0.613. The van der Waals surface area contributed by atoms with E-state index in [1.165, 1.54) is 24.5 Å². The Morgan fingerprint density at radius 2 is 2.00 bits per heavy atom. The summed E-state index contributed by atoms with van der Waals surface area (Å²) >= 11 is 0. The van der Waals surface area contributed by atoms with E-state index in [9.17, 15) is 9.59 Å². The van der Waals surface area contributed by atoms with Crippen molar-refractivity contribution in [2.45, 2.75) is 0 Å². The first kappa shape index (κ1) is 12.4. The minimum Gasteiger partial charge on any atom is -0.507 e. The van der Waals surface area contributed by atoms with Crippen LogP contribution in [0.1, 0.15) is 10.4 Å². The number of rotatable bonds is 1. The van der Waals surface area contributed by atoms with Crippen LogP contribution in [0.3, 0.4) is 0 Å². The molecule has 0 aliphatic heterocycles. The molecule has 17 heavy (non-hydrogen) atoms. The lowest BCUT2D eigenvalue weighted by Crippen LogP contribution is -2.10. The number of aromatic nitrogens is 1. The van der Waals surface area contributed by atoms with Gasteiger partial charge in [-0.15, -0.1) is 0 Å². The molecule has 88 valence electrons. The van der Waals surface area contributed by atoms with Crippen molar-refractivity contribution >= 4 is 5.91 Å². The van der Waals surface area contributed by atoms with Crippen LogP contribution in [0.4, 0.5) is 0 Å². The molecule has 2 aromatic rings. The number of amides is 1. The number of hydrogen-bond donors (Lipinski definition) is 2. The summed E-state index contributed by atoms with van der Waals surface area (Å²) < 4.78 is 4.31. The van der Waals surface area contributed by atoms with Gasteiger partial charge in [0.25, 0.3) is 5.91 Å². The highest BCUT2D eigenvalue weighted by molar-refractivity contribution is 5.95. The molecule has 1 heterocycles. The van der Waals surface area contributed by atoms with Crippen LogP contribution in [0.2, 0.25) is 0 Å². The molecule has 1 aromatic carbocycles. The smallest absolute Gasteiger partial charge is 0.252 e. The predicted octanol–water partition coefficient (Wildman–Crippen LogP) is 0.526. The second-order valence-corrected chi connectivity index (χ2v) is 2.93. The molecule has 1 aromatic heterocycles. The van der Waals surface area contributed by atoms with E-state index in [0.717, 1.165) is 6.20 Å². The lowest BCUT2D eigenvalue weighted by atomic mass is 10.2. The Bertz CT molecular complexity index is 533. The Kier molecular flexibility index (Phi) is 4.44. The van der Waals surface area contributed by atoms with Crippen molar-refractivity contribution < 1.29 is 14.4 Å². The number of primary amides is 1. The maximum Gasteiger partial charge on any atom is 0.252 e. The molecule has 6 nitrogen and oxygen atoms in total. The summed E-state index contributed by atoms with van der Waals surface area (Å²) in [6.45, 7) is 0. The summed E-state index contributed by atoms with van der Waals surface area (Å²) in [7, 11) is 0. The third-order valence-electron chi connectivity index (χ3n) is 1.70. The first-order valence-electron chi connectivity index (χ1n) is 4.59. The van der Waals surface area contributed by atoms with Crippen LogP contribution in [0.15, 0.2) is 52.1 Å². The number of carbonyl (C=O) groups excluding carboxylic acids is 1. The normalized spacial score (nSPS) is 8.94. The number of para-hydroxylation sites is 1. The van der Waals surface area contributed by atoms with Crippen LogP contribution in [0, 0.1) is 0 Å². The van der Waals surface area contributed by atoms with Gasteiger partial charge in [0.15, 0.2) is 0 Å². The topological polar surface area (TPSA) is 106 Å². The molecule has 0 atom stereocenters. The van der Waals surface area contributed by atoms with Gasteiger partial charge in [0.2, 0.25) is 5.43 Å². The third kappa shape index (κ3) is 4.17. The monoisotopic (exact) mass is 234 g/mol. The van der Waals surface area contributed by atoms with Gasteiger partial charge in [0, 0.05) is 6.07 Å². The van der Waals surface area contributed by atoms with Gasteiger partial charge in [0.05, 0.1) is 5.56 Å². The van der Waals surface area contributed by atoms with Crippen molar-refractivity contribution in [2.24, 2.45) is 5.73 Å². The standard InChI is InChI=1S/C7H7NO2.C4H3NO2/c8-7(10)5-3-1-2-4-6(5)9;6-4-1-2-7-5-3-4/h1-4,9H,(H2,8,10);1-3H. The molecule has 0 spiro atoms. The molecular formula is C11H10N2O4. The van der Waals surface area contributed by atoms with Crippen LogP contribution in [-0.4, -0.2) is 16.2 Å². The van der Waals surface area contributed by atoms with Gasteiger partial charge in [-0.05, 0) is 12.1 Å². The lowest BCUT2D eigenvalue weighted by Gasteiger charge is -1.96. The van der Waals surface area contributed by atoms with E-state index in [1.807, 2.05) is 0 Å². The van der Waals surface area contributed by atoms with Crippen LogP contribution in [0.25, 0.3) is 0 Å². The highest BCUT2D eigenvalue weighted by Crippen LogP contribution is 2.13. The van der Waals surface area contributed by atoms with Gasteiger partial charge in [-0.25, -0.2) is 0 Å². The van der Waals surface area contributed by atoms with E-state index in [0.29, 0.717) is 0 Å². The fourth-order valence-electron chi connectivity index (χ4n) is 0.940. The molecule has 0 unspecified atom stereocenters. The number of carbonyl (C=O) groups is 1. The van der Waals surface area contributed by atoms with Gasteiger partial charge >= 0.3 is 0 Å². The molecule has 0 bridgehead atoms. The summed E-state index contributed by atoms with van der Waals surface area (Å²) in [6, 6.07) is 7.45. The van der Waals surface area contributed by atoms with Crippen LogP contribution in [-0.2, 0) is 0 Å². The van der Waals surface area contributed by atoms with Crippen molar-refractivity contribution in [3.63, 3.8) is 0 Å². The molecule has 0 fully saturated rings.